The van der Waals surface area contributed by atoms with Crippen LogP contribution in [0.25, 0.3) is 0 Å². The van der Waals surface area contributed by atoms with Gasteiger partial charge in [0.1, 0.15) is 5.60 Å². The molecule has 2 unspecified atom stereocenters. The van der Waals surface area contributed by atoms with E-state index >= 15 is 0 Å². The van der Waals surface area contributed by atoms with Crippen molar-refractivity contribution in [3.63, 3.8) is 0 Å². The monoisotopic (exact) mass is 328 g/mol. The van der Waals surface area contributed by atoms with Crippen LogP contribution in [0.1, 0.15) is 46.5 Å². The van der Waals surface area contributed by atoms with E-state index < -0.39 is 23.2 Å². The summed E-state index contributed by atoms with van der Waals surface area (Å²) in [6.07, 6.45) is 1.99. The van der Waals surface area contributed by atoms with E-state index in [1.807, 2.05) is 0 Å². The van der Waals surface area contributed by atoms with Gasteiger partial charge in [-0.1, -0.05) is 6.42 Å². The Balaban J connectivity index is 1.89. The average molecular weight is 328 g/mol. The van der Waals surface area contributed by atoms with Crippen molar-refractivity contribution < 1.29 is 24.5 Å². The number of carbonyl (C=O) groups excluding carboxylic acids is 1. The Bertz CT molecular complexity index is 454. The lowest BCUT2D eigenvalue weighted by atomic mass is 9.85. The van der Waals surface area contributed by atoms with Crippen LogP contribution in [0.15, 0.2) is 0 Å². The van der Waals surface area contributed by atoms with Gasteiger partial charge in [0, 0.05) is 19.6 Å². The molecule has 1 aliphatic carbocycles. The summed E-state index contributed by atoms with van der Waals surface area (Å²) in [5, 5.41) is 22.3. The topological polar surface area (TPSA) is 99.1 Å². The quantitative estimate of drug-likeness (QED) is 0.701. The number of amides is 1. The van der Waals surface area contributed by atoms with Crippen molar-refractivity contribution in [2.24, 2.45) is 5.92 Å². The lowest BCUT2D eigenvalue weighted by Gasteiger charge is -2.50. The third-order valence-corrected chi connectivity index (χ3v) is 4.49. The Kier molecular flexibility index (Phi) is 5.20. The van der Waals surface area contributed by atoms with Gasteiger partial charge in [0.25, 0.3) is 0 Å². The van der Waals surface area contributed by atoms with Gasteiger partial charge in [0.05, 0.1) is 18.1 Å². The summed E-state index contributed by atoms with van der Waals surface area (Å²) < 4.78 is 5.31. The summed E-state index contributed by atoms with van der Waals surface area (Å²) in [7, 11) is 0. The molecule has 0 spiro atoms. The third kappa shape index (κ3) is 4.81. The maximum atomic E-state index is 12.0. The fraction of sp³-hybridized carbons (Fsp3) is 0.875. The molecule has 0 aromatic rings. The van der Waals surface area contributed by atoms with Crippen molar-refractivity contribution >= 4 is 12.1 Å². The van der Waals surface area contributed by atoms with Crippen molar-refractivity contribution in [3.05, 3.63) is 0 Å². The van der Waals surface area contributed by atoms with Crippen molar-refractivity contribution in [1.29, 1.82) is 0 Å². The number of aliphatic hydroxyl groups is 1. The molecule has 7 nitrogen and oxygen atoms in total. The minimum atomic E-state index is -0.895. The molecule has 1 saturated carbocycles. The number of ether oxygens (including phenoxy) is 1. The summed E-state index contributed by atoms with van der Waals surface area (Å²) in [6, 6.07) is 0. The van der Waals surface area contributed by atoms with E-state index in [1.54, 1.807) is 20.8 Å². The summed E-state index contributed by atoms with van der Waals surface area (Å²) >= 11 is 0. The van der Waals surface area contributed by atoms with Crippen LogP contribution in [0.3, 0.4) is 0 Å². The lowest BCUT2D eigenvalue weighted by Crippen LogP contribution is -2.71. The van der Waals surface area contributed by atoms with E-state index in [0.29, 0.717) is 19.6 Å². The SMILES string of the molecule is CC(C)(C)OC(=O)N1CC(CC(=O)O)(NCC2CCCC2O)C1. The van der Waals surface area contributed by atoms with E-state index in [1.165, 1.54) is 4.90 Å². The molecule has 1 amide bonds. The highest BCUT2D eigenvalue weighted by Crippen LogP contribution is 2.30. The maximum Gasteiger partial charge on any atom is 0.410 e. The predicted molar refractivity (Wildman–Crippen MR) is 84.1 cm³/mol. The number of nitrogens with one attached hydrogen (secondary N) is 1. The first kappa shape index (κ1) is 18.0. The molecule has 7 heteroatoms. The third-order valence-electron chi connectivity index (χ3n) is 4.49. The van der Waals surface area contributed by atoms with Gasteiger partial charge in [0.2, 0.25) is 0 Å². The molecule has 1 saturated heterocycles. The Labute approximate surface area is 137 Å². The van der Waals surface area contributed by atoms with Gasteiger partial charge < -0.3 is 25.2 Å². The van der Waals surface area contributed by atoms with Gasteiger partial charge >= 0.3 is 12.1 Å². The van der Waals surface area contributed by atoms with Crippen molar-refractivity contribution in [2.45, 2.75) is 63.7 Å². The Morgan fingerprint density at radius 2 is 1.96 bits per heavy atom. The highest BCUT2D eigenvalue weighted by molar-refractivity contribution is 5.73. The van der Waals surface area contributed by atoms with Gasteiger partial charge in [-0.05, 0) is 39.5 Å². The Hall–Kier alpha value is -1.34. The van der Waals surface area contributed by atoms with Gasteiger partial charge in [-0.25, -0.2) is 4.79 Å². The molecule has 1 aliphatic heterocycles. The number of aliphatic carboxylic acids is 1. The largest absolute Gasteiger partial charge is 0.481 e. The second-order valence-corrected chi connectivity index (χ2v) is 7.83. The first-order valence-electron chi connectivity index (χ1n) is 8.23. The van der Waals surface area contributed by atoms with Crippen LogP contribution in [0.4, 0.5) is 4.79 Å². The second kappa shape index (κ2) is 6.65. The van der Waals surface area contributed by atoms with Gasteiger partial charge in [-0.15, -0.1) is 0 Å². The molecule has 2 atom stereocenters. The van der Waals surface area contributed by atoms with E-state index in [9.17, 15) is 14.7 Å². The highest BCUT2D eigenvalue weighted by atomic mass is 16.6. The average Bonchev–Trinajstić information content (AvgIpc) is 2.74. The minimum Gasteiger partial charge on any atom is -0.481 e. The smallest absolute Gasteiger partial charge is 0.410 e. The van der Waals surface area contributed by atoms with E-state index in [-0.39, 0.29) is 18.4 Å². The normalized spacial score (nSPS) is 26.7. The summed E-state index contributed by atoms with van der Waals surface area (Å²) in [4.78, 5) is 24.7. The number of hydrogen-bond acceptors (Lipinski definition) is 5. The van der Waals surface area contributed by atoms with E-state index in [4.69, 9.17) is 9.84 Å². The number of aliphatic hydroxyl groups excluding tert-OH is 1. The molecule has 2 rings (SSSR count). The van der Waals surface area contributed by atoms with Crippen molar-refractivity contribution in [3.8, 4) is 0 Å². The number of rotatable bonds is 5. The van der Waals surface area contributed by atoms with E-state index in [0.717, 1.165) is 19.3 Å². The van der Waals surface area contributed by atoms with Gasteiger partial charge in [-0.3, -0.25) is 4.79 Å². The van der Waals surface area contributed by atoms with Crippen LogP contribution in [-0.2, 0) is 9.53 Å². The molecule has 3 N–H and O–H groups in total. The van der Waals surface area contributed by atoms with Gasteiger partial charge in [-0.2, -0.15) is 0 Å². The van der Waals surface area contributed by atoms with Crippen LogP contribution in [0, 0.1) is 5.92 Å². The predicted octanol–water partition coefficient (Wildman–Crippen LogP) is 1.20. The van der Waals surface area contributed by atoms with Crippen molar-refractivity contribution in [2.75, 3.05) is 19.6 Å². The first-order valence-corrected chi connectivity index (χ1v) is 8.23. The highest BCUT2D eigenvalue weighted by Gasteiger charge is 2.48. The molecule has 2 fully saturated rings. The van der Waals surface area contributed by atoms with Crippen LogP contribution in [0.2, 0.25) is 0 Å². The van der Waals surface area contributed by atoms with Crippen LogP contribution in [-0.4, -0.2) is 64.1 Å². The number of likely N-dealkylation sites (tertiary alicyclic amines) is 1. The first-order chi connectivity index (χ1) is 10.6. The lowest BCUT2D eigenvalue weighted by molar-refractivity contribution is -0.141. The molecule has 23 heavy (non-hydrogen) atoms. The van der Waals surface area contributed by atoms with Crippen molar-refractivity contribution in [1.82, 2.24) is 10.2 Å². The maximum absolute atomic E-state index is 12.0. The standard InChI is InChI=1S/C16H28N2O5/c1-15(2,3)23-14(22)18-9-16(10-18,7-13(20)21)17-8-11-5-4-6-12(11)19/h11-12,17,19H,4-10H2,1-3H3,(H,20,21). The van der Waals surface area contributed by atoms with Gasteiger partial charge in [0.15, 0.2) is 0 Å². The van der Waals surface area contributed by atoms with Crippen LogP contribution < -0.4 is 5.32 Å². The zero-order valence-corrected chi connectivity index (χ0v) is 14.2. The molecule has 132 valence electrons. The second-order valence-electron chi connectivity index (χ2n) is 7.83. The zero-order valence-electron chi connectivity index (χ0n) is 14.2. The molecule has 2 aliphatic rings. The molecule has 1 heterocycles. The number of carboxylic acid groups (broad SMARTS) is 1. The molecule has 0 aromatic heterocycles. The van der Waals surface area contributed by atoms with E-state index in [2.05, 4.69) is 5.32 Å². The zero-order chi connectivity index (χ0) is 17.3. The molecular formula is C16H28N2O5. The molecule has 0 radical (unpaired) electrons. The van der Waals surface area contributed by atoms with Crippen LogP contribution in [0.5, 0.6) is 0 Å². The summed E-state index contributed by atoms with van der Waals surface area (Å²) in [6.45, 7) is 6.61. The number of hydrogen-bond donors (Lipinski definition) is 3. The summed E-state index contributed by atoms with van der Waals surface area (Å²) in [5.74, 6) is -0.732. The molecule has 0 aromatic carbocycles. The molecule has 0 bridgehead atoms. The fourth-order valence-corrected chi connectivity index (χ4v) is 3.32. The molecular weight excluding hydrogens is 300 g/mol. The number of nitrogens with zero attached hydrogens (tertiary/aromatic N) is 1. The Morgan fingerprint density at radius 3 is 2.43 bits per heavy atom. The minimum absolute atomic E-state index is 0.0465. The fourth-order valence-electron chi connectivity index (χ4n) is 3.32. The van der Waals surface area contributed by atoms with Crippen LogP contribution >= 0.6 is 0 Å². The Morgan fingerprint density at radius 1 is 1.30 bits per heavy atom. The number of carbonyl (C=O) groups is 2. The number of carboxylic acids is 1. The summed E-state index contributed by atoms with van der Waals surface area (Å²) in [5.41, 5.74) is -1.19.